The lowest BCUT2D eigenvalue weighted by Crippen LogP contribution is -2.52. The van der Waals surface area contributed by atoms with Crippen LogP contribution in [-0.2, 0) is 20.7 Å². The van der Waals surface area contributed by atoms with Crippen molar-refractivity contribution in [1.82, 2.24) is 10.2 Å². The predicted octanol–water partition coefficient (Wildman–Crippen LogP) is 3.32. The van der Waals surface area contributed by atoms with E-state index in [1.54, 1.807) is 0 Å². The van der Waals surface area contributed by atoms with E-state index in [9.17, 15) is 9.59 Å². The van der Waals surface area contributed by atoms with E-state index in [2.05, 4.69) is 22.3 Å². The molecule has 154 valence electrons. The molecule has 1 amide bonds. The fraction of sp³-hybridized carbons (Fsp3) is 0.652. The number of benzene rings is 1. The predicted molar refractivity (Wildman–Crippen MR) is 110 cm³/mol. The topological polar surface area (TPSA) is 58.6 Å². The number of fused-ring (bicyclic) bond motifs is 1. The van der Waals surface area contributed by atoms with Crippen molar-refractivity contribution in [2.24, 2.45) is 5.92 Å². The zero-order chi connectivity index (χ0) is 19.9. The summed E-state index contributed by atoms with van der Waals surface area (Å²) in [5, 5.41) is 3.28. The number of carbonyl (C=O) groups excluding carboxylic acids is 2. The lowest BCUT2D eigenvalue weighted by molar-refractivity contribution is -0.146. The number of aryl methyl sites for hydroxylation is 1. The summed E-state index contributed by atoms with van der Waals surface area (Å²) < 4.78 is 5.26. The van der Waals surface area contributed by atoms with Crippen LogP contribution in [0, 0.1) is 5.92 Å². The van der Waals surface area contributed by atoms with E-state index in [1.165, 1.54) is 24.8 Å². The summed E-state index contributed by atoms with van der Waals surface area (Å²) in [4.78, 5) is 27.6. The molecule has 0 unspecified atom stereocenters. The molecule has 4 atom stereocenters. The molecular formula is C23H34N2O3. The van der Waals surface area contributed by atoms with Crippen molar-refractivity contribution in [3.8, 4) is 0 Å². The third kappa shape index (κ3) is 5.13. The molecule has 1 N–H and O–H groups in total. The van der Waals surface area contributed by atoms with E-state index >= 15 is 0 Å². The fourth-order valence-corrected chi connectivity index (χ4v) is 4.77. The van der Waals surface area contributed by atoms with Crippen molar-refractivity contribution in [3.05, 3.63) is 35.9 Å². The van der Waals surface area contributed by atoms with Crippen molar-refractivity contribution < 1.29 is 14.3 Å². The lowest BCUT2D eigenvalue weighted by atomic mass is 9.85. The number of hydrogen-bond acceptors (Lipinski definition) is 4. The van der Waals surface area contributed by atoms with Crippen LogP contribution >= 0.6 is 0 Å². The van der Waals surface area contributed by atoms with Crippen LogP contribution in [0.4, 0.5) is 0 Å². The Balaban J connectivity index is 1.60. The highest BCUT2D eigenvalue weighted by atomic mass is 16.5. The highest BCUT2D eigenvalue weighted by Gasteiger charge is 2.39. The molecule has 1 aromatic rings. The van der Waals surface area contributed by atoms with Crippen LogP contribution in [0.3, 0.4) is 0 Å². The van der Waals surface area contributed by atoms with Crippen molar-refractivity contribution in [1.29, 1.82) is 0 Å². The summed E-state index contributed by atoms with van der Waals surface area (Å²) in [5.74, 6) is 0.530. The number of esters is 1. The van der Waals surface area contributed by atoms with Crippen molar-refractivity contribution in [3.63, 3.8) is 0 Å². The summed E-state index contributed by atoms with van der Waals surface area (Å²) in [6, 6.07) is 9.66. The number of nitrogens with zero attached hydrogens (tertiary/aromatic N) is 1. The van der Waals surface area contributed by atoms with Gasteiger partial charge in [-0.2, -0.15) is 0 Å². The van der Waals surface area contributed by atoms with Gasteiger partial charge in [0.05, 0.1) is 12.6 Å². The molecule has 1 heterocycles. The molecule has 1 saturated heterocycles. The second-order valence-electron chi connectivity index (χ2n) is 8.15. The van der Waals surface area contributed by atoms with E-state index in [-0.39, 0.29) is 17.9 Å². The molecule has 0 aromatic heterocycles. The third-order valence-electron chi connectivity index (χ3n) is 6.25. The molecular weight excluding hydrogens is 352 g/mol. The summed E-state index contributed by atoms with van der Waals surface area (Å²) >= 11 is 0. The normalized spacial score (nSPS) is 23.7. The van der Waals surface area contributed by atoms with Gasteiger partial charge < -0.3 is 9.64 Å². The van der Waals surface area contributed by atoms with Crippen LogP contribution in [0.15, 0.2) is 30.3 Å². The van der Waals surface area contributed by atoms with Gasteiger partial charge in [0, 0.05) is 12.6 Å². The minimum atomic E-state index is -0.469. The van der Waals surface area contributed by atoms with Gasteiger partial charge in [-0.15, -0.1) is 0 Å². The smallest absolute Gasteiger partial charge is 0.323 e. The molecule has 0 spiro atoms. The zero-order valence-electron chi connectivity index (χ0n) is 17.2. The molecule has 1 aromatic carbocycles. The monoisotopic (exact) mass is 386 g/mol. The number of nitrogens with one attached hydrogen (secondary N) is 1. The molecule has 1 saturated carbocycles. The van der Waals surface area contributed by atoms with Crippen LogP contribution in [0.5, 0.6) is 0 Å². The first kappa shape index (κ1) is 20.8. The Hall–Kier alpha value is -1.88. The van der Waals surface area contributed by atoms with Crippen molar-refractivity contribution >= 4 is 11.9 Å². The van der Waals surface area contributed by atoms with Crippen molar-refractivity contribution in [2.45, 2.75) is 76.9 Å². The number of ether oxygens (including phenoxy) is 1. The minimum Gasteiger partial charge on any atom is -0.465 e. The van der Waals surface area contributed by atoms with E-state index in [4.69, 9.17) is 4.74 Å². The molecule has 5 nitrogen and oxygen atoms in total. The highest BCUT2D eigenvalue weighted by Crippen LogP contribution is 2.36. The number of hydrogen-bond donors (Lipinski definition) is 1. The van der Waals surface area contributed by atoms with E-state index in [0.717, 1.165) is 25.8 Å². The summed E-state index contributed by atoms with van der Waals surface area (Å²) in [7, 11) is 0. The van der Waals surface area contributed by atoms with Crippen LogP contribution in [0.2, 0.25) is 0 Å². The maximum atomic E-state index is 13.1. The van der Waals surface area contributed by atoms with Gasteiger partial charge in [0.15, 0.2) is 0 Å². The maximum absolute atomic E-state index is 13.1. The number of amides is 1. The molecule has 2 fully saturated rings. The summed E-state index contributed by atoms with van der Waals surface area (Å²) in [6.07, 6.45) is 7.39. The average Bonchev–Trinajstić information content (AvgIpc) is 3.15. The first-order valence-corrected chi connectivity index (χ1v) is 10.9. The van der Waals surface area contributed by atoms with Crippen LogP contribution in [0.1, 0.15) is 57.9 Å². The Kier molecular flexibility index (Phi) is 7.49. The average molecular weight is 387 g/mol. The molecule has 1 aliphatic carbocycles. The third-order valence-corrected chi connectivity index (χ3v) is 6.25. The van der Waals surface area contributed by atoms with Crippen molar-refractivity contribution in [2.75, 3.05) is 13.2 Å². The largest absolute Gasteiger partial charge is 0.465 e. The first-order valence-electron chi connectivity index (χ1n) is 10.9. The molecule has 3 rings (SSSR count). The van der Waals surface area contributed by atoms with Gasteiger partial charge in [-0.1, -0.05) is 43.2 Å². The van der Waals surface area contributed by atoms with Gasteiger partial charge in [0.25, 0.3) is 0 Å². The fourth-order valence-electron chi connectivity index (χ4n) is 4.77. The lowest BCUT2D eigenvalue weighted by Gasteiger charge is -2.34. The van der Waals surface area contributed by atoms with E-state index in [1.807, 2.05) is 32.0 Å². The Morgan fingerprint density at radius 1 is 1.18 bits per heavy atom. The molecule has 1 aliphatic heterocycles. The van der Waals surface area contributed by atoms with Gasteiger partial charge in [0.1, 0.15) is 6.04 Å². The first-order chi connectivity index (χ1) is 13.6. The Labute approximate surface area is 168 Å². The van der Waals surface area contributed by atoms with Gasteiger partial charge >= 0.3 is 5.97 Å². The van der Waals surface area contributed by atoms with Crippen LogP contribution in [-0.4, -0.2) is 48.1 Å². The van der Waals surface area contributed by atoms with Crippen LogP contribution in [0.25, 0.3) is 0 Å². The molecule has 0 bridgehead atoms. The molecule has 28 heavy (non-hydrogen) atoms. The zero-order valence-corrected chi connectivity index (χ0v) is 17.2. The Morgan fingerprint density at radius 3 is 2.68 bits per heavy atom. The van der Waals surface area contributed by atoms with Gasteiger partial charge in [-0.05, 0) is 57.4 Å². The second kappa shape index (κ2) is 10.1. The molecule has 0 radical (unpaired) electrons. The van der Waals surface area contributed by atoms with Crippen LogP contribution < -0.4 is 5.32 Å². The van der Waals surface area contributed by atoms with Gasteiger partial charge in [0.2, 0.25) is 5.91 Å². The number of rotatable bonds is 8. The quantitative estimate of drug-likeness (QED) is 0.697. The maximum Gasteiger partial charge on any atom is 0.323 e. The highest BCUT2D eigenvalue weighted by molar-refractivity contribution is 5.83. The summed E-state index contributed by atoms with van der Waals surface area (Å²) in [6.45, 7) is 4.90. The van der Waals surface area contributed by atoms with E-state index < -0.39 is 6.04 Å². The number of carbonyl (C=O) groups is 2. The number of likely N-dealkylation sites (tertiary alicyclic amines) is 1. The Bertz CT molecular complexity index is 649. The summed E-state index contributed by atoms with van der Waals surface area (Å²) in [5.41, 5.74) is 1.18. The van der Waals surface area contributed by atoms with Gasteiger partial charge in [-0.25, -0.2) is 0 Å². The minimum absolute atomic E-state index is 0.128. The SMILES string of the molecule is CCOC(=O)[C@H](CCc1ccccc1)N[C@@H](C)C(=O)N1CC[C@H]2CCCC[C@@H]21. The second-order valence-corrected chi connectivity index (χ2v) is 8.15. The molecule has 5 heteroatoms. The Morgan fingerprint density at radius 2 is 1.93 bits per heavy atom. The van der Waals surface area contributed by atoms with E-state index in [0.29, 0.717) is 25.0 Å². The molecule has 2 aliphatic rings. The van der Waals surface area contributed by atoms with Gasteiger partial charge in [-0.3, -0.25) is 14.9 Å². The standard InChI is InChI=1S/C23H34N2O3/c1-3-28-23(27)20(14-13-18-9-5-4-6-10-18)24-17(2)22(26)25-16-15-19-11-7-8-12-21(19)25/h4-6,9-10,17,19-21,24H,3,7-8,11-16H2,1-2H3/t17-,19+,20-,21-/m0/s1.